The maximum Gasteiger partial charge on any atom is 0.230 e. The fourth-order valence-electron chi connectivity index (χ4n) is 3.66. The summed E-state index contributed by atoms with van der Waals surface area (Å²) in [7, 11) is 2.04. The third-order valence-electron chi connectivity index (χ3n) is 4.83. The van der Waals surface area contributed by atoms with Gasteiger partial charge in [0.15, 0.2) is 0 Å². The highest BCUT2D eigenvalue weighted by atomic mass is 35.5. The summed E-state index contributed by atoms with van der Waals surface area (Å²) in [6.45, 7) is 1.71. The number of nitrogens with zero attached hydrogens (tertiary/aromatic N) is 2. The largest absolute Gasteiger partial charge is 0.393 e. The highest BCUT2D eigenvalue weighted by Crippen LogP contribution is 2.41. The molecule has 2 saturated heterocycles. The van der Waals surface area contributed by atoms with Crippen molar-refractivity contribution in [2.24, 2.45) is 0 Å². The molecule has 1 unspecified atom stereocenters. The Hall–Kier alpha value is -1.17. The van der Waals surface area contributed by atoms with Gasteiger partial charge in [-0.1, -0.05) is 11.6 Å². The van der Waals surface area contributed by atoms with Crippen LogP contribution in [0.15, 0.2) is 18.2 Å². The first-order chi connectivity index (χ1) is 10.4. The first-order valence-corrected chi connectivity index (χ1v) is 7.94. The molecule has 6 heteroatoms. The van der Waals surface area contributed by atoms with E-state index in [1.807, 2.05) is 7.05 Å². The van der Waals surface area contributed by atoms with E-state index in [0.29, 0.717) is 12.1 Å². The Kier molecular flexibility index (Phi) is 4.14. The van der Waals surface area contributed by atoms with Gasteiger partial charge >= 0.3 is 0 Å². The number of hydrogen-bond acceptors (Lipinski definition) is 3. The van der Waals surface area contributed by atoms with Crippen LogP contribution in [0.5, 0.6) is 0 Å². The minimum atomic E-state index is -0.621. The van der Waals surface area contributed by atoms with Crippen molar-refractivity contribution in [2.45, 2.75) is 37.3 Å². The zero-order chi connectivity index (χ0) is 15.9. The van der Waals surface area contributed by atoms with Crippen LogP contribution in [0.3, 0.4) is 0 Å². The summed E-state index contributed by atoms with van der Waals surface area (Å²) in [5.41, 5.74) is 0.102. The van der Waals surface area contributed by atoms with Gasteiger partial charge in [-0.3, -0.25) is 4.79 Å². The number of anilines is 1. The summed E-state index contributed by atoms with van der Waals surface area (Å²) in [4.78, 5) is 16.5. The molecule has 120 valence electrons. The fraction of sp³-hybridized carbons (Fsp3) is 0.562. The Morgan fingerprint density at radius 3 is 2.68 bits per heavy atom. The standard InChI is InChI=1S/C16H20ClFN2O2/c1-19-6-4-16(5-7-19)10-12(21)9-15(22)20(16)11-2-3-13(17)14(18)8-11/h2-3,8,12,21H,4-7,9-10H2,1H3. The SMILES string of the molecule is CN1CCC2(CC1)CC(O)CC(=O)N2c1ccc(Cl)c(F)c1. The summed E-state index contributed by atoms with van der Waals surface area (Å²) >= 11 is 5.75. The normalized spacial score (nSPS) is 25.7. The third-order valence-corrected chi connectivity index (χ3v) is 5.14. The van der Waals surface area contributed by atoms with E-state index in [9.17, 15) is 14.3 Å². The smallest absolute Gasteiger partial charge is 0.230 e. The van der Waals surface area contributed by atoms with E-state index < -0.39 is 17.5 Å². The molecule has 1 amide bonds. The molecule has 2 aliphatic rings. The summed E-state index contributed by atoms with van der Waals surface area (Å²) in [6, 6.07) is 4.48. The van der Waals surface area contributed by atoms with Crippen molar-refractivity contribution < 1.29 is 14.3 Å². The molecule has 22 heavy (non-hydrogen) atoms. The Labute approximate surface area is 134 Å². The molecule has 1 atom stereocenters. The highest BCUT2D eigenvalue weighted by Gasteiger charge is 2.47. The number of carbonyl (C=O) groups excluding carboxylic acids is 1. The molecule has 0 saturated carbocycles. The molecule has 1 N–H and O–H groups in total. The van der Waals surface area contributed by atoms with Crippen molar-refractivity contribution >= 4 is 23.2 Å². The van der Waals surface area contributed by atoms with Crippen molar-refractivity contribution in [1.29, 1.82) is 0 Å². The van der Waals surface area contributed by atoms with Crippen molar-refractivity contribution in [3.05, 3.63) is 29.0 Å². The maximum atomic E-state index is 13.8. The first kappa shape index (κ1) is 15.7. The molecule has 2 aliphatic heterocycles. The molecule has 1 aromatic carbocycles. The minimum Gasteiger partial charge on any atom is -0.393 e. The second-order valence-corrected chi connectivity index (χ2v) is 6.82. The van der Waals surface area contributed by atoms with Crippen LogP contribution < -0.4 is 4.90 Å². The predicted molar refractivity (Wildman–Crippen MR) is 83.6 cm³/mol. The Morgan fingerprint density at radius 1 is 1.36 bits per heavy atom. The molecular weight excluding hydrogens is 307 g/mol. The molecule has 1 spiro atoms. The van der Waals surface area contributed by atoms with Crippen molar-refractivity contribution in [3.63, 3.8) is 0 Å². The zero-order valence-corrected chi connectivity index (χ0v) is 13.3. The number of aliphatic hydroxyl groups excluding tert-OH is 1. The van der Waals surface area contributed by atoms with Crippen LogP contribution in [0.2, 0.25) is 5.02 Å². The van der Waals surface area contributed by atoms with Crippen LogP contribution in [0.4, 0.5) is 10.1 Å². The Balaban J connectivity index is 2.00. The lowest BCUT2D eigenvalue weighted by Gasteiger charge is -2.52. The molecule has 2 fully saturated rings. The number of halogens is 2. The summed E-state index contributed by atoms with van der Waals surface area (Å²) in [6.07, 6.45) is 1.55. The fourth-order valence-corrected chi connectivity index (χ4v) is 3.78. The van der Waals surface area contributed by atoms with E-state index in [2.05, 4.69) is 4.90 Å². The monoisotopic (exact) mass is 326 g/mol. The number of aliphatic hydroxyl groups is 1. The van der Waals surface area contributed by atoms with Crippen LogP contribution in [0.25, 0.3) is 0 Å². The van der Waals surface area contributed by atoms with Crippen LogP contribution in [0, 0.1) is 5.82 Å². The predicted octanol–water partition coefficient (Wildman–Crippen LogP) is 2.43. The zero-order valence-electron chi connectivity index (χ0n) is 12.6. The van der Waals surface area contributed by atoms with Crippen molar-refractivity contribution in [2.75, 3.05) is 25.0 Å². The third kappa shape index (κ3) is 2.73. The molecule has 0 bridgehead atoms. The van der Waals surface area contributed by atoms with Gasteiger partial charge in [0.05, 0.1) is 23.1 Å². The van der Waals surface area contributed by atoms with Gasteiger partial charge in [0.25, 0.3) is 0 Å². The lowest BCUT2D eigenvalue weighted by molar-refractivity contribution is -0.125. The van der Waals surface area contributed by atoms with Gasteiger partial charge in [-0.15, -0.1) is 0 Å². The van der Waals surface area contributed by atoms with Crippen molar-refractivity contribution in [3.8, 4) is 0 Å². The number of rotatable bonds is 1. The number of piperidine rings is 2. The average molecular weight is 327 g/mol. The van der Waals surface area contributed by atoms with Gasteiger partial charge in [0, 0.05) is 18.8 Å². The molecule has 3 rings (SSSR count). The van der Waals surface area contributed by atoms with Gasteiger partial charge in [0.1, 0.15) is 5.82 Å². The molecule has 0 aliphatic carbocycles. The highest BCUT2D eigenvalue weighted by molar-refractivity contribution is 6.30. The first-order valence-electron chi connectivity index (χ1n) is 7.56. The number of hydrogen-bond donors (Lipinski definition) is 1. The van der Waals surface area contributed by atoms with Gasteiger partial charge in [-0.2, -0.15) is 0 Å². The Bertz CT molecular complexity index is 588. The van der Waals surface area contributed by atoms with E-state index in [-0.39, 0.29) is 17.4 Å². The number of amides is 1. The van der Waals surface area contributed by atoms with Gasteiger partial charge in [-0.25, -0.2) is 4.39 Å². The second-order valence-electron chi connectivity index (χ2n) is 6.42. The molecule has 0 aromatic heterocycles. The van der Waals surface area contributed by atoms with Gasteiger partial charge in [-0.05, 0) is 44.5 Å². The summed E-state index contributed by atoms with van der Waals surface area (Å²) < 4.78 is 13.8. The Morgan fingerprint density at radius 2 is 2.05 bits per heavy atom. The van der Waals surface area contributed by atoms with Gasteiger partial charge in [0.2, 0.25) is 5.91 Å². The van der Waals surface area contributed by atoms with Gasteiger partial charge < -0.3 is 14.9 Å². The van der Waals surface area contributed by atoms with E-state index in [0.717, 1.165) is 25.9 Å². The number of carbonyl (C=O) groups is 1. The molecule has 0 radical (unpaired) electrons. The summed E-state index contributed by atoms with van der Waals surface area (Å²) in [5, 5.41) is 10.1. The number of likely N-dealkylation sites (tertiary alicyclic amines) is 1. The quantitative estimate of drug-likeness (QED) is 0.862. The molecule has 1 aromatic rings. The van der Waals surface area contributed by atoms with E-state index >= 15 is 0 Å². The number of benzene rings is 1. The van der Waals surface area contributed by atoms with E-state index in [1.165, 1.54) is 12.1 Å². The van der Waals surface area contributed by atoms with Crippen LogP contribution in [0.1, 0.15) is 25.7 Å². The lowest BCUT2D eigenvalue weighted by atomic mass is 9.77. The lowest BCUT2D eigenvalue weighted by Crippen LogP contribution is -2.62. The van der Waals surface area contributed by atoms with Crippen LogP contribution in [-0.4, -0.2) is 47.7 Å². The average Bonchev–Trinajstić information content (AvgIpc) is 2.45. The van der Waals surface area contributed by atoms with E-state index in [1.54, 1.807) is 11.0 Å². The molecule has 4 nitrogen and oxygen atoms in total. The van der Waals surface area contributed by atoms with Crippen LogP contribution >= 0.6 is 11.6 Å². The minimum absolute atomic E-state index is 0.0469. The topological polar surface area (TPSA) is 43.8 Å². The van der Waals surface area contributed by atoms with E-state index in [4.69, 9.17) is 11.6 Å². The summed E-state index contributed by atoms with van der Waals surface area (Å²) in [5.74, 6) is -0.675. The van der Waals surface area contributed by atoms with Crippen LogP contribution in [-0.2, 0) is 4.79 Å². The molecule has 2 heterocycles. The second kappa shape index (κ2) is 5.80. The van der Waals surface area contributed by atoms with Crippen molar-refractivity contribution in [1.82, 2.24) is 4.90 Å². The molecular formula is C16H20ClFN2O2. The maximum absolute atomic E-state index is 13.8.